The Bertz CT molecular complexity index is 334. The standard InChI is InChI=1S/C11H19N3O2/c1-8(2)4-5-13-11(15)9-7-16-10(14-9)6-12-3/h7-8,12H,4-6H2,1-3H3,(H,13,15). The van der Waals surface area contributed by atoms with Gasteiger partial charge < -0.3 is 15.1 Å². The molecule has 2 N–H and O–H groups in total. The zero-order chi connectivity index (χ0) is 12.0. The predicted octanol–water partition coefficient (Wildman–Crippen LogP) is 1.17. The minimum Gasteiger partial charge on any atom is -0.447 e. The lowest BCUT2D eigenvalue weighted by molar-refractivity contribution is 0.0947. The molecule has 0 aromatic carbocycles. The Balaban J connectivity index is 2.40. The van der Waals surface area contributed by atoms with E-state index in [4.69, 9.17) is 4.42 Å². The van der Waals surface area contributed by atoms with Crippen LogP contribution in [0.2, 0.25) is 0 Å². The normalized spacial score (nSPS) is 10.8. The Morgan fingerprint density at radius 1 is 1.56 bits per heavy atom. The summed E-state index contributed by atoms with van der Waals surface area (Å²) in [4.78, 5) is 15.6. The van der Waals surface area contributed by atoms with Gasteiger partial charge in [0.2, 0.25) is 5.89 Å². The van der Waals surface area contributed by atoms with Crippen molar-refractivity contribution in [2.45, 2.75) is 26.8 Å². The molecule has 90 valence electrons. The molecule has 0 saturated carbocycles. The maximum absolute atomic E-state index is 11.6. The van der Waals surface area contributed by atoms with Crippen LogP contribution < -0.4 is 10.6 Å². The van der Waals surface area contributed by atoms with Gasteiger partial charge in [-0.25, -0.2) is 4.98 Å². The molecule has 0 radical (unpaired) electrons. The Morgan fingerprint density at radius 3 is 2.94 bits per heavy atom. The van der Waals surface area contributed by atoms with Gasteiger partial charge in [-0.05, 0) is 19.4 Å². The van der Waals surface area contributed by atoms with E-state index in [-0.39, 0.29) is 5.91 Å². The van der Waals surface area contributed by atoms with Gasteiger partial charge in [-0.3, -0.25) is 4.79 Å². The predicted molar refractivity (Wildman–Crippen MR) is 61.1 cm³/mol. The average molecular weight is 225 g/mol. The summed E-state index contributed by atoms with van der Waals surface area (Å²) >= 11 is 0. The summed E-state index contributed by atoms with van der Waals surface area (Å²) in [6.45, 7) is 5.44. The number of amides is 1. The molecule has 0 spiro atoms. The molecule has 0 fully saturated rings. The van der Waals surface area contributed by atoms with Crippen molar-refractivity contribution in [3.8, 4) is 0 Å². The Hall–Kier alpha value is -1.36. The van der Waals surface area contributed by atoms with E-state index in [1.54, 1.807) is 7.05 Å². The van der Waals surface area contributed by atoms with Crippen LogP contribution in [0.25, 0.3) is 0 Å². The van der Waals surface area contributed by atoms with Crippen LogP contribution in [-0.2, 0) is 6.54 Å². The molecule has 1 heterocycles. The Kier molecular flexibility index (Phi) is 4.98. The van der Waals surface area contributed by atoms with Crippen LogP contribution in [0.1, 0.15) is 36.6 Å². The van der Waals surface area contributed by atoms with Gasteiger partial charge in [0.05, 0.1) is 6.54 Å². The molecule has 5 nitrogen and oxygen atoms in total. The van der Waals surface area contributed by atoms with Crippen LogP contribution in [0, 0.1) is 5.92 Å². The smallest absolute Gasteiger partial charge is 0.273 e. The lowest BCUT2D eigenvalue weighted by Gasteiger charge is -2.04. The van der Waals surface area contributed by atoms with Crippen molar-refractivity contribution in [2.24, 2.45) is 5.92 Å². The van der Waals surface area contributed by atoms with Crippen molar-refractivity contribution >= 4 is 5.91 Å². The number of hydrogen-bond donors (Lipinski definition) is 2. The highest BCUT2D eigenvalue weighted by Gasteiger charge is 2.11. The number of nitrogens with one attached hydrogen (secondary N) is 2. The van der Waals surface area contributed by atoms with Crippen molar-refractivity contribution in [1.29, 1.82) is 0 Å². The Morgan fingerprint density at radius 2 is 2.31 bits per heavy atom. The highest BCUT2D eigenvalue weighted by atomic mass is 16.3. The van der Waals surface area contributed by atoms with E-state index in [9.17, 15) is 4.79 Å². The highest BCUT2D eigenvalue weighted by Crippen LogP contribution is 2.02. The number of rotatable bonds is 6. The third-order valence-corrected chi connectivity index (χ3v) is 2.12. The topological polar surface area (TPSA) is 67.2 Å². The van der Waals surface area contributed by atoms with Crippen molar-refractivity contribution in [2.75, 3.05) is 13.6 Å². The lowest BCUT2D eigenvalue weighted by Crippen LogP contribution is -2.25. The van der Waals surface area contributed by atoms with Crippen LogP contribution in [0.15, 0.2) is 10.7 Å². The third kappa shape index (κ3) is 4.02. The van der Waals surface area contributed by atoms with Gasteiger partial charge in [-0.1, -0.05) is 13.8 Å². The second kappa shape index (κ2) is 6.27. The van der Waals surface area contributed by atoms with E-state index in [0.717, 1.165) is 6.42 Å². The van der Waals surface area contributed by atoms with Crippen molar-refractivity contribution in [3.05, 3.63) is 17.8 Å². The zero-order valence-electron chi connectivity index (χ0n) is 10.0. The van der Waals surface area contributed by atoms with Crippen molar-refractivity contribution in [3.63, 3.8) is 0 Å². The van der Waals surface area contributed by atoms with E-state index in [1.165, 1.54) is 6.26 Å². The summed E-state index contributed by atoms with van der Waals surface area (Å²) in [6.07, 6.45) is 2.35. The summed E-state index contributed by atoms with van der Waals surface area (Å²) in [6, 6.07) is 0. The molecule has 16 heavy (non-hydrogen) atoms. The first-order valence-corrected chi connectivity index (χ1v) is 5.50. The molecule has 0 bridgehead atoms. The fraction of sp³-hybridized carbons (Fsp3) is 0.636. The molecule has 5 heteroatoms. The van der Waals surface area contributed by atoms with Crippen molar-refractivity contribution < 1.29 is 9.21 Å². The zero-order valence-corrected chi connectivity index (χ0v) is 10.0. The van der Waals surface area contributed by atoms with Gasteiger partial charge in [-0.15, -0.1) is 0 Å². The maximum atomic E-state index is 11.6. The van der Waals surface area contributed by atoms with Crippen LogP contribution in [0.4, 0.5) is 0 Å². The molecule has 1 rings (SSSR count). The SMILES string of the molecule is CNCc1nc(C(=O)NCCC(C)C)co1. The lowest BCUT2D eigenvalue weighted by atomic mass is 10.1. The summed E-state index contributed by atoms with van der Waals surface area (Å²) < 4.78 is 5.12. The van der Waals surface area contributed by atoms with E-state index in [0.29, 0.717) is 30.6 Å². The fourth-order valence-electron chi connectivity index (χ4n) is 1.21. The van der Waals surface area contributed by atoms with Gasteiger partial charge in [0.25, 0.3) is 5.91 Å². The van der Waals surface area contributed by atoms with E-state index in [2.05, 4.69) is 29.5 Å². The average Bonchev–Trinajstić information content (AvgIpc) is 2.66. The molecule has 0 atom stereocenters. The molecule has 0 aliphatic carbocycles. The first-order valence-electron chi connectivity index (χ1n) is 5.50. The summed E-state index contributed by atoms with van der Waals surface area (Å²) in [5.41, 5.74) is 0.342. The molecule has 1 amide bonds. The molecule has 1 aromatic rings. The third-order valence-electron chi connectivity index (χ3n) is 2.12. The molecule has 1 aromatic heterocycles. The van der Waals surface area contributed by atoms with Crippen LogP contribution >= 0.6 is 0 Å². The van der Waals surface area contributed by atoms with Crippen LogP contribution in [0.5, 0.6) is 0 Å². The molecule has 0 aliphatic heterocycles. The minimum absolute atomic E-state index is 0.174. The number of oxazole rings is 1. The number of nitrogens with zero attached hydrogens (tertiary/aromatic N) is 1. The monoisotopic (exact) mass is 225 g/mol. The van der Waals surface area contributed by atoms with E-state index < -0.39 is 0 Å². The summed E-state index contributed by atoms with van der Waals surface area (Å²) in [5.74, 6) is 0.931. The van der Waals surface area contributed by atoms with E-state index >= 15 is 0 Å². The van der Waals surface area contributed by atoms with Gasteiger partial charge >= 0.3 is 0 Å². The van der Waals surface area contributed by atoms with Gasteiger partial charge in [-0.2, -0.15) is 0 Å². The van der Waals surface area contributed by atoms with Gasteiger partial charge in [0.15, 0.2) is 5.69 Å². The first kappa shape index (κ1) is 12.7. The molecular weight excluding hydrogens is 206 g/mol. The number of carbonyl (C=O) groups is 1. The quantitative estimate of drug-likeness (QED) is 0.762. The molecular formula is C11H19N3O2. The highest BCUT2D eigenvalue weighted by molar-refractivity contribution is 5.91. The second-order valence-corrected chi connectivity index (χ2v) is 4.10. The van der Waals surface area contributed by atoms with Crippen LogP contribution in [-0.4, -0.2) is 24.5 Å². The number of aromatic nitrogens is 1. The van der Waals surface area contributed by atoms with Gasteiger partial charge in [0, 0.05) is 6.54 Å². The number of carbonyl (C=O) groups excluding carboxylic acids is 1. The van der Waals surface area contributed by atoms with E-state index in [1.807, 2.05) is 0 Å². The summed E-state index contributed by atoms with van der Waals surface area (Å²) in [5, 5.41) is 5.71. The second-order valence-electron chi connectivity index (χ2n) is 4.10. The largest absolute Gasteiger partial charge is 0.447 e. The minimum atomic E-state index is -0.174. The first-order chi connectivity index (χ1) is 7.63. The molecule has 0 unspecified atom stereocenters. The van der Waals surface area contributed by atoms with Gasteiger partial charge in [0.1, 0.15) is 6.26 Å². The Labute approximate surface area is 95.6 Å². The number of hydrogen-bond acceptors (Lipinski definition) is 4. The summed E-state index contributed by atoms with van der Waals surface area (Å²) in [7, 11) is 1.80. The maximum Gasteiger partial charge on any atom is 0.273 e. The molecule has 0 saturated heterocycles. The molecule has 0 aliphatic rings. The van der Waals surface area contributed by atoms with Crippen LogP contribution in [0.3, 0.4) is 0 Å². The fourth-order valence-corrected chi connectivity index (χ4v) is 1.21. The van der Waals surface area contributed by atoms with Crippen molar-refractivity contribution in [1.82, 2.24) is 15.6 Å².